The van der Waals surface area contributed by atoms with Crippen LogP contribution in [0, 0.1) is 5.92 Å². The van der Waals surface area contributed by atoms with Crippen molar-refractivity contribution in [3.63, 3.8) is 0 Å². The van der Waals surface area contributed by atoms with Gasteiger partial charge in [0.1, 0.15) is 6.10 Å². The number of phenols is 1. The topological polar surface area (TPSA) is 65.0 Å². The van der Waals surface area contributed by atoms with Crippen LogP contribution in [-0.2, 0) is 11.8 Å². The number of rotatable bonds is 3. The number of piperidine rings is 1. The van der Waals surface area contributed by atoms with Crippen molar-refractivity contribution in [2.24, 2.45) is 5.92 Å². The van der Waals surface area contributed by atoms with Gasteiger partial charge in [0.25, 0.3) is 0 Å². The summed E-state index contributed by atoms with van der Waals surface area (Å²) in [6, 6.07) is 4.23. The first kappa shape index (κ1) is 15.7. The number of nitrogens with one attached hydrogen (secondary N) is 1. The van der Waals surface area contributed by atoms with Crippen LogP contribution >= 0.6 is 0 Å². The number of hydrogen-bond acceptors (Lipinski definition) is 5. The van der Waals surface area contributed by atoms with Gasteiger partial charge in [-0.05, 0) is 69.7 Å². The van der Waals surface area contributed by atoms with Crippen molar-refractivity contribution in [1.82, 2.24) is 10.2 Å². The summed E-state index contributed by atoms with van der Waals surface area (Å²) in [5.74, 6) is 1.69. The zero-order valence-corrected chi connectivity index (χ0v) is 15.4. The van der Waals surface area contributed by atoms with E-state index in [-0.39, 0.29) is 29.4 Å². The lowest BCUT2D eigenvalue weighted by atomic mass is 9.48. The highest BCUT2D eigenvalue weighted by atomic mass is 16.5. The Morgan fingerprint density at radius 2 is 2.12 bits per heavy atom. The van der Waals surface area contributed by atoms with Crippen LogP contribution in [0.4, 0.5) is 0 Å². The fraction of sp³-hybridized carbons (Fsp3) is 0.714. The highest BCUT2D eigenvalue weighted by molar-refractivity contribution is 5.62. The second-order valence-corrected chi connectivity index (χ2v) is 9.22. The Bertz CT molecular complexity index is 779. The molecule has 5 atom stereocenters. The van der Waals surface area contributed by atoms with E-state index in [1.807, 2.05) is 7.05 Å². The fourth-order valence-electron chi connectivity index (χ4n) is 6.78. The van der Waals surface area contributed by atoms with E-state index in [1.54, 1.807) is 6.07 Å². The second-order valence-electron chi connectivity index (χ2n) is 9.22. The van der Waals surface area contributed by atoms with Crippen LogP contribution in [0.15, 0.2) is 12.1 Å². The number of hydrogen-bond donors (Lipinski definition) is 3. The summed E-state index contributed by atoms with van der Waals surface area (Å²) in [7, 11) is 1.99. The minimum atomic E-state index is -0.760. The van der Waals surface area contributed by atoms with E-state index < -0.39 is 5.60 Å². The molecule has 5 nitrogen and oxygen atoms in total. The van der Waals surface area contributed by atoms with Crippen LogP contribution in [0.5, 0.6) is 11.5 Å². The van der Waals surface area contributed by atoms with Gasteiger partial charge in [0, 0.05) is 24.2 Å². The monoisotopic (exact) mass is 356 g/mol. The Morgan fingerprint density at radius 1 is 1.27 bits per heavy atom. The maximum Gasteiger partial charge on any atom is 0.165 e. The summed E-state index contributed by atoms with van der Waals surface area (Å²) >= 11 is 0. The minimum absolute atomic E-state index is 0.0980. The molecule has 1 spiro atoms. The van der Waals surface area contributed by atoms with Gasteiger partial charge in [0.15, 0.2) is 11.5 Å². The van der Waals surface area contributed by atoms with E-state index in [0.29, 0.717) is 5.75 Å². The lowest BCUT2D eigenvalue weighted by Gasteiger charge is -2.64. The number of likely N-dealkylation sites (N-methyl/N-ethyl adjacent to an activating group) is 1. The molecule has 0 amide bonds. The van der Waals surface area contributed by atoms with Crippen molar-refractivity contribution in [3.05, 3.63) is 23.3 Å². The first-order valence-electron chi connectivity index (χ1n) is 10.2. The van der Waals surface area contributed by atoms with E-state index in [2.05, 4.69) is 16.3 Å². The van der Waals surface area contributed by atoms with E-state index in [0.717, 1.165) is 50.3 Å². The molecular weight excluding hydrogens is 328 g/mol. The molecule has 2 bridgehead atoms. The van der Waals surface area contributed by atoms with Crippen LogP contribution in [0.3, 0.4) is 0 Å². The number of aliphatic hydroxyl groups is 1. The van der Waals surface area contributed by atoms with E-state index in [4.69, 9.17) is 4.74 Å². The molecule has 2 aliphatic heterocycles. The van der Waals surface area contributed by atoms with Gasteiger partial charge in [-0.2, -0.15) is 0 Å². The van der Waals surface area contributed by atoms with Crippen molar-refractivity contribution in [3.8, 4) is 11.5 Å². The molecule has 5 heteroatoms. The van der Waals surface area contributed by atoms with Gasteiger partial charge in [-0.1, -0.05) is 6.07 Å². The molecule has 3 N–H and O–H groups in total. The average molecular weight is 356 g/mol. The minimum Gasteiger partial charge on any atom is -0.504 e. The van der Waals surface area contributed by atoms with Crippen LogP contribution < -0.4 is 10.1 Å². The number of benzene rings is 1. The summed E-state index contributed by atoms with van der Waals surface area (Å²) < 4.78 is 6.42. The summed E-state index contributed by atoms with van der Waals surface area (Å²) in [5, 5.41) is 26.1. The molecule has 0 aromatic heterocycles. The maximum absolute atomic E-state index is 12.2. The number of likely N-dealkylation sites (tertiary alicyclic amines) is 1. The zero-order chi connectivity index (χ0) is 17.7. The van der Waals surface area contributed by atoms with Crippen molar-refractivity contribution < 1.29 is 14.9 Å². The molecule has 6 rings (SSSR count). The summed E-state index contributed by atoms with van der Waals surface area (Å²) in [4.78, 5) is 2.58. The average Bonchev–Trinajstić information content (AvgIpc) is 3.37. The van der Waals surface area contributed by atoms with Gasteiger partial charge in [0.05, 0.1) is 11.0 Å². The van der Waals surface area contributed by atoms with Crippen molar-refractivity contribution >= 4 is 0 Å². The molecule has 1 aromatic carbocycles. The smallest absolute Gasteiger partial charge is 0.165 e. The number of aromatic hydroxyl groups is 1. The van der Waals surface area contributed by atoms with Crippen molar-refractivity contribution in [2.45, 2.75) is 67.7 Å². The van der Waals surface area contributed by atoms with Crippen molar-refractivity contribution in [1.29, 1.82) is 0 Å². The summed E-state index contributed by atoms with van der Waals surface area (Å²) in [6.07, 6.45) is 6.09. The number of phenolic OH excluding ortho intramolecular Hbond substituents is 1. The highest BCUT2D eigenvalue weighted by Gasteiger charge is 2.72. The molecule has 1 aromatic rings. The molecule has 3 fully saturated rings. The van der Waals surface area contributed by atoms with Gasteiger partial charge < -0.3 is 20.3 Å². The van der Waals surface area contributed by atoms with Crippen LogP contribution in [0.25, 0.3) is 0 Å². The Balaban J connectivity index is 1.55. The van der Waals surface area contributed by atoms with Gasteiger partial charge in [-0.25, -0.2) is 0 Å². The lowest BCUT2D eigenvalue weighted by Crippen LogP contribution is -2.78. The third kappa shape index (κ3) is 1.68. The molecule has 0 radical (unpaired) electrons. The van der Waals surface area contributed by atoms with Gasteiger partial charge >= 0.3 is 0 Å². The van der Waals surface area contributed by atoms with Crippen LogP contribution in [-0.4, -0.2) is 59.0 Å². The van der Waals surface area contributed by atoms with Gasteiger partial charge in [-0.15, -0.1) is 0 Å². The number of nitrogens with zero attached hydrogens (tertiary/aromatic N) is 1. The molecule has 3 aliphatic carbocycles. The molecule has 5 aliphatic rings. The molecule has 2 saturated carbocycles. The predicted molar refractivity (Wildman–Crippen MR) is 97.6 cm³/mol. The molecule has 1 saturated heterocycles. The lowest BCUT2D eigenvalue weighted by molar-refractivity contribution is -0.191. The molecule has 1 unspecified atom stereocenters. The first-order chi connectivity index (χ1) is 12.6. The number of ether oxygens (including phenoxy) is 1. The molecular formula is C21H28N2O3. The standard InChI is InChI=1S/C21H28N2O3/c1-22-14-6-7-21(25)16-10-13-4-5-15(24)18-17(13)20(21,19(14)26-18)8-9-23(16)11-12-2-3-12/h4-5,12,14,16,19,22,24-25H,2-3,6-11H2,1H3/t14?,16-,19+,20+,21-/m1/s1. The fourth-order valence-corrected chi connectivity index (χ4v) is 6.78. The molecule has 26 heavy (non-hydrogen) atoms. The molecule has 140 valence electrons. The first-order valence-corrected chi connectivity index (χ1v) is 10.2. The van der Waals surface area contributed by atoms with Crippen LogP contribution in [0.2, 0.25) is 0 Å². The third-order valence-corrected chi connectivity index (χ3v) is 8.13. The molecule has 2 heterocycles. The Hall–Kier alpha value is -1.30. The third-order valence-electron chi connectivity index (χ3n) is 8.13. The van der Waals surface area contributed by atoms with Crippen LogP contribution in [0.1, 0.15) is 43.2 Å². The Labute approximate surface area is 154 Å². The largest absolute Gasteiger partial charge is 0.504 e. The normalized spacial score (nSPS) is 43.1. The summed E-state index contributed by atoms with van der Waals surface area (Å²) in [6.45, 7) is 2.15. The van der Waals surface area contributed by atoms with E-state index in [1.165, 1.54) is 18.4 Å². The Morgan fingerprint density at radius 3 is 2.88 bits per heavy atom. The van der Waals surface area contributed by atoms with Gasteiger partial charge in [0.2, 0.25) is 0 Å². The maximum atomic E-state index is 12.2. The second kappa shape index (κ2) is 4.94. The Kier molecular flexibility index (Phi) is 2.99. The van der Waals surface area contributed by atoms with Gasteiger partial charge in [-0.3, -0.25) is 4.90 Å². The quantitative estimate of drug-likeness (QED) is 0.767. The van der Waals surface area contributed by atoms with E-state index in [9.17, 15) is 10.2 Å². The van der Waals surface area contributed by atoms with Crippen molar-refractivity contribution in [2.75, 3.05) is 20.1 Å². The SMILES string of the molecule is CNC1CC[C@@]2(O)[C@H]3Cc4ccc(O)c5c4[C@@]2(CCN3CC2CC2)[C@H]1O5. The van der Waals surface area contributed by atoms with E-state index >= 15 is 0 Å². The summed E-state index contributed by atoms with van der Waals surface area (Å²) in [5.41, 5.74) is 1.25. The highest BCUT2D eigenvalue weighted by Crippen LogP contribution is 2.65. The zero-order valence-electron chi connectivity index (χ0n) is 15.4. The predicted octanol–water partition coefficient (Wildman–Crippen LogP) is 1.54.